The number of halogens is 3. The maximum absolute atomic E-state index is 12.7. The lowest BCUT2D eigenvalue weighted by atomic mass is 10.3. The Morgan fingerprint density at radius 1 is 0.913 bits per heavy atom. The van der Waals surface area contributed by atoms with Crippen LogP contribution in [0.1, 0.15) is 11.3 Å². The summed E-state index contributed by atoms with van der Waals surface area (Å²) in [5.74, 6) is 0.726. The van der Waals surface area contributed by atoms with Crippen molar-refractivity contribution in [1.82, 2.24) is 19.9 Å². The Balaban J connectivity index is 1.68. The van der Waals surface area contributed by atoms with Gasteiger partial charge in [0.2, 0.25) is 11.9 Å². The summed E-state index contributed by atoms with van der Waals surface area (Å²) in [7, 11) is 0. The smallest absolute Gasteiger partial charge is 0.337 e. The van der Waals surface area contributed by atoms with Gasteiger partial charge in [-0.15, -0.1) is 0 Å². The quantitative estimate of drug-likeness (QED) is 0.841. The van der Waals surface area contributed by atoms with Gasteiger partial charge < -0.3 is 9.80 Å². The van der Waals surface area contributed by atoms with E-state index in [-0.39, 0.29) is 5.95 Å². The second kappa shape index (κ2) is 5.98. The average Bonchev–Trinajstić information content (AvgIpc) is 2.55. The molecule has 1 fully saturated rings. The van der Waals surface area contributed by atoms with Crippen molar-refractivity contribution >= 4 is 11.9 Å². The number of hydrogen-bond acceptors (Lipinski definition) is 6. The molecule has 0 N–H and O–H groups in total. The summed E-state index contributed by atoms with van der Waals surface area (Å²) in [6, 6.07) is 0.875. The van der Waals surface area contributed by atoms with Crippen molar-refractivity contribution in [2.75, 3.05) is 36.0 Å². The normalized spacial score (nSPS) is 15.8. The Kier molecular flexibility index (Phi) is 4.01. The van der Waals surface area contributed by atoms with Crippen LogP contribution in [-0.2, 0) is 6.18 Å². The van der Waals surface area contributed by atoms with Crippen LogP contribution in [0.3, 0.4) is 0 Å². The second-order valence-electron chi connectivity index (χ2n) is 5.27. The Bertz CT molecular complexity index is 665. The maximum atomic E-state index is 12.7. The summed E-state index contributed by atoms with van der Waals surface area (Å²) in [5, 5.41) is 0. The van der Waals surface area contributed by atoms with Gasteiger partial charge in [0.25, 0.3) is 0 Å². The van der Waals surface area contributed by atoms with Crippen LogP contribution in [0.15, 0.2) is 24.7 Å². The van der Waals surface area contributed by atoms with Gasteiger partial charge in [-0.25, -0.2) is 19.9 Å². The lowest BCUT2D eigenvalue weighted by molar-refractivity contribution is -0.141. The fraction of sp³-hybridized carbons (Fsp3) is 0.429. The Hall–Kier alpha value is -2.45. The summed E-state index contributed by atoms with van der Waals surface area (Å²) in [6.07, 6.45) is 0.158. The van der Waals surface area contributed by atoms with E-state index in [1.165, 1.54) is 0 Å². The molecule has 6 nitrogen and oxygen atoms in total. The molecule has 0 bridgehead atoms. The molecule has 3 rings (SSSR count). The predicted molar refractivity (Wildman–Crippen MR) is 78.2 cm³/mol. The number of aromatic nitrogens is 4. The van der Waals surface area contributed by atoms with E-state index in [9.17, 15) is 13.2 Å². The number of aryl methyl sites for hydroxylation is 1. The summed E-state index contributed by atoms with van der Waals surface area (Å²) >= 11 is 0. The molecule has 122 valence electrons. The summed E-state index contributed by atoms with van der Waals surface area (Å²) in [6.45, 7) is 4.13. The van der Waals surface area contributed by atoms with Gasteiger partial charge in [0.05, 0.1) is 0 Å². The van der Waals surface area contributed by atoms with E-state index in [0.29, 0.717) is 32.1 Å². The minimum absolute atomic E-state index is 0.101. The third-order valence-corrected chi connectivity index (χ3v) is 3.55. The number of rotatable bonds is 2. The van der Waals surface area contributed by atoms with Crippen LogP contribution >= 0.6 is 0 Å². The van der Waals surface area contributed by atoms with Crippen LogP contribution < -0.4 is 9.80 Å². The van der Waals surface area contributed by atoms with Gasteiger partial charge >= 0.3 is 6.18 Å². The molecule has 9 heteroatoms. The Morgan fingerprint density at radius 2 is 1.48 bits per heavy atom. The summed E-state index contributed by atoms with van der Waals surface area (Å²) < 4.78 is 38.2. The molecule has 1 saturated heterocycles. The van der Waals surface area contributed by atoms with Gasteiger partial charge in [0, 0.05) is 44.8 Å². The van der Waals surface area contributed by atoms with Gasteiger partial charge in [-0.1, -0.05) is 0 Å². The molecule has 0 aromatic carbocycles. The average molecular weight is 324 g/mol. The lowest BCUT2D eigenvalue weighted by Gasteiger charge is -2.34. The van der Waals surface area contributed by atoms with Crippen LogP contribution in [0.5, 0.6) is 0 Å². The number of piperazine rings is 1. The van der Waals surface area contributed by atoms with E-state index in [4.69, 9.17) is 0 Å². The zero-order valence-electron chi connectivity index (χ0n) is 12.5. The molecule has 0 radical (unpaired) electrons. The standard InChI is InChI=1S/C14H15F3N6/c1-10-8-19-12(20-9-10)22-4-6-23(7-5-22)13-18-3-2-11(21-13)14(15,16)17/h2-3,8-9H,4-7H2,1H3. The van der Waals surface area contributed by atoms with Crippen molar-refractivity contribution in [1.29, 1.82) is 0 Å². The molecule has 2 aromatic heterocycles. The van der Waals surface area contributed by atoms with Crippen molar-refractivity contribution in [3.8, 4) is 0 Å². The number of nitrogens with zero attached hydrogens (tertiary/aromatic N) is 6. The molecular weight excluding hydrogens is 309 g/mol. The molecule has 0 unspecified atom stereocenters. The molecule has 2 aromatic rings. The van der Waals surface area contributed by atoms with E-state index in [1.54, 1.807) is 17.3 Å². The predicted octanol–water partition coefficient (Wildman–Crippen LogP) is 1.92. The minimum atomic E-state index is -4.46. The fourth-order valence-electron chi connectivity index (χ4n) is 2.31. The molecule has 0 saturated carbocycles. The third kappa shape index (κ3) is 3.49. The minimum Gasteiger partial charge on any atom is -0.337 e. The van der Waals surface area contributed by atoms with E-state index >= 15 is 0 Å². The van der Waals surface area contributed by atoms with Crippen molar-refractivity contribution in [2.45, 2.75) is 13.1 Å². The van der Waals surface area contributed by atoms with Gasteiger partial charge in [0.15, 0.2) is 0 Å². The zero-order chi connectivity index (χ0) is 16.4. The molecular formula is C14H15F3N6. The number of hydrogen-bond donors (Lipinski definition) is 0. The van der Waals surface area contributed by atoms with Crippen molar-refractivity contribution in [3.05, 3.63) is 35.9 Å². The summed E-state index contributed by atoms with van der Waals surface area (Å²) in [5.41, 5.74) is 0.0524. The molecule has 0 atom stereocenters. The molecule has 1 aliphatic rings. The zero-order valence-corrected chi connectivity index (χ0v) is 12.5. The highest BCUT2D eigenvalue weighted by Gasteiger charge is 2.33. The van der Waals surface area contributed by atoms with E-state index in [0.717, 1.165) is 17.8 Å². The van der Waals surface area contributed by atoms with E-state index < -0.39 is 11.9 Å². The highest BCUT2D eigenvalue weighted by molar-refractivity contribution is 5.38. The van der Waals surface area contributed by atoms with Gasteiger partial charge in [-0.3, -0.25) is 0 Å². The second-order valence-corrected chi connectivity index (χ2v) is 5.27. The van der Waals surface area contributed by atoms with Crippen molar-refractivity contribution in [3.63, 3.8) is 0 Å². The summed E-state index contributed by atoms with van der Waals surface area (Å²) in [4.78, 5) is 19.8. The highest BCUT2D eigenvalue weighted by atomic mass is 19.4. The lowest BCUT2D eigenvalue weighted by Crippen LogP contribution is -2.47. The van der Waals surface area contributed by atoms with Crippen LogP contribution in [-0.4, -0.2) is 46.1 Å². The topological polar surface area (TPSA) is 58.0 Å². The van der Waals surface area contributed by atoms with Crippen molar-refractivity contribution < 1.29 is 13.2 Å². The Labute approximate surface area is 131 Å². The monoisotopic (exact) mass is 324 g/mol. The van der Waals surface area contributed by atoms with Gasteiger partial charge in [0.1, 0.15) is 5.69 Å². The molecule has 23 heavy (non-hydrogen) atoms. The Morgan fingerprint density at radius 3 is 2.04 bits per heavy atom. The first-order valence-electron chi connectivity index (χ1n) is 7.12. The van der Waals surface area contributed by atoms with Crippen LogP contribution in [0, 0.1) is 6.92 Å². The fourth-order valence-corrected chi connectivity index (χ4v) is 2.31. The maximum Gasteiger partial charge on any atom is 0.433 e. The van der Waals surface area contributed by atoms with Crippen molar-refractivity contribution in [2.24, 2.45) is 0 Å². The highest BCUT2D eigenvalue weighted by Crippen LogP contribution is 2.28. The van der Waals surface area contributed by atoms with Crippen LogP contribution in [0.25, 0.3) is 0 Å². The van der Waals surface area contributed by atoms with E-state index in [2.05, 4.69) is 19.9 Å². The van der Waals surface area contributed by atoms with Crippen LogP contribution in [0.4, 0.5) is 25.1 Å². The SMILES string of the molecule is Cc1cnc(N2CCN(c3nccc(C(F)(F)F)n3)CC2)nc1. The first-order chi connectivity index (χ1) is 10.9. The van der Waals surface area contributed by atoms with Crippen LogP contribution in [0.2, 0.25) is 0 Å². The third-order valence-electron chi connectivity index (χ3n) is 3.55. The molecule has 0 amide bonds. The number of anilines is 2. The first-order valence-corrected chi connectivity index (χ1v) is 7.12. The largest absolute Gasteiger partial charge is 0.433 e. The number of alkyl halides is 3. The molecule has 3 heterocycles. The first kappa shape index (κ1) is 15.4. The molecule has 0 spiro atoms. The van der Waals surface area contributed by atoms with Gasteiger partial charge in [-0.05, 0) is 18.6 Å². The van der Waals surface area contributed by atoms with Gasteiger partial charge in [-0.2, -0.15) is 13.2 Å². The molecule has 1 aliphatic heterocycles. The van der Waals surface area contributed by atoms with E-state index in [1.807, 2.05) is 11.8 Å². The molecule has 0 aliphatic carbocycles.